The second-order valence-corrected chi connectivity index (χ2v) is 9.68. The Morgan fingerprint density at radius 2 is 1.97 bits per heavy atom. The lowest BCUT2D eigenvalue weighted by molar-refractivity contribution is -0.137. The molecule has 1 unspecified atom stereocenters. The van der Waals surface area contributed by atoms with Gasteiger partial charge in [0.1, 0.15) is 11.7 Å². The van der Waals surface area contributed by atoms with Crippen LogP contribution in [-0.2, 0) is 34.4 Å². The predicted molar refractivity (Wildman–Crippen MR) is 144 cm³/mol. The van der Waals surface area contributed by atoms with E-state index in [-0.39, 0.29) is 30.4 Å². The Balaban J connectivity index is 1.67. The van der Waals surface area contributed by atoms with Crippen molar-refractivity contribution in [2.75, 3.05) is 18.6 Å². The molecule has 0 aliphatic carbocycles. The number of amides is 1. The highest BCUT2D eigenvalue weighted by Gasteiger charge is 2.24. The number of aliphatic carboxylic acids is 1. The number of pyridine rings is 1. The van der Waals surface area contributed by atoms with Crippen LogP contribution in [0.25, 0.3) is 11.0 Å². The average molecular weight is 519 g/mol. The second kappa shape index (κ2) is 13.0. The molecule has 0 fully saturated rings. The molecule has 0 radical (unpaired) electrons. The number of fused-ring (bicyclic) bond motifs is 1. The number of hydrogen-bond donors (Lipinski definition) is 1. The number of ether oxygens (including phenoxy) is 1. The molecule has 0 saturated carbocycles. The van der Waals surface area contributed by atoms with E-state index in [9.17, 15) is 19.6 Å². The van der Waals surface area contributed by atoms with Crippen LogP contribution in [0.3, 0.4) is 0 Å². The van der Waals surface area contributed by atoms with Gasteiger partial charge >= 0.3 is 5.97 Å². The molecule has 0 bridgehead atoms. The molecule has 200 valence electrons. The molecule has 3 aromatic rings. The smallest absolute Gasteiger partial charge is 0.303 e. The molecule has 9 nitrogen and oxygen atoms in total. The molecule has 1 amide bonds. The number of Topliss-reactive ketones (excluding diaryl/α,β-unsaturated/α-hetero) is 1. The molecular formula is C29H34N4O5. The second-order valence-electron chi connectivity index (χ2n) is 9.68. The normalized spacial score (nSPS) is 11.8. The third-order valence-electron chi connectivity index (χ3n) is 6.60. The van der Waals surface area contributed by atoms with Gasteiger partial charge in [0.2, 0.25) is 5.91 Å². The number of carboxylic acids is 1. The number of ketones is 1. The van der Waals surface area contributed by atoms with Crippen molar-refractivity contribution in [3.8, 4) is 6.07 Å². The van der Waals surface area contributed by atoms with E-state index in [1.807, 2.05) is 35.9 Å². The fourth-order valence-corrected chi connectivity index (χ4v) is 4.54. The van der Waals surface area contributed by atoms with E-state index in [1.54, 1.807) is 24.9 Å². The van der Waals surface area contributed by atoms with Gasteiger partial charge in [0, 0.05) is 69.0 Å². The molecule has 3 rings (SSSR count). The van der Waals surface area contributed by atoms with Crippen LogP contribution in [0.5, 0.6) is 0 Å². The van der Waals surface area contributed by atoms with Crippen molar-refractivity contribution in [1.29, 1.82) is 5.26 Å². The first-order valence-electron chi connectivity index (χ1n) is 12.7. The minimum atomic E-state index is -0.936. The SMILES string of the molecule is CC(=O)N(C)c1cccc(COCCCCc2c(C(=O)CC(C)CC(=O)O)c3cc(C#N)cnc3n2C)c1. The standard InChI is InChI=1S/C29H34N4O5/c1-19(13-27(36)37)12-26(35)28-24-15-22(16-30)17-31-29(24)33(4)25(28)10-5-6-11-38-18-21-8-7-9-23(14-21)32(3)20(2)34/h7-9,14-15,17,19H,5-6,10-13,18H2,1-4H3,(H,36,37). The summed E-state index contributed by atoms with van der Waals surface area (Å²) in [6.07, 6.45) is 3.67. The predicted octanol–water partition coefficient (Wildman–Crippen LogP) is 4.65. The van der Waals surface area contributed by atoms with Gasteiger partial charge in [0.15, 0.2) is 5.78 Å². The number of nitrogens with zero attached hydrogens (tertiary/aromatic N) is 4. The summed E-state index contributed by atoms with van der Waals surface area (Å²) in [5, 5.41) is 19.1. The van der Waals surface area contributed by atoms with Gasteiger partial charge in [-0.1, -0.05) is 19.1 Å². The van der Waals surface area contributed by atoms with Gasteiger partial charge in [-0.3, -0.25) is 14.4 Å². The molecule has 1 N–H and O–H groups in total. The minimum absolute atomic E-state index is 0.0374. The Morgan fingerprint density at radius 1 is 1.21 bits per heavy atom. The molecule has 0 aliphatic rings. The molecule has 1 aromatic carbocycles. The highest BCUT2D eigenvalue weighted by Crippen LogP contribution is 2.29. The summed E-state index contributed by atoms with van der Waals surface area (Å²) < 4.78 is 7.75. The summed E-state index contributed by atoms with van der Waals surface area (Å²) in [4.78, 5) is 42.0. The summed E-state index contributed by atoms with van der Waals surface area (Å²) in [5.41, 5.74) is 4.14. The Hall–Kier alpha value is -4.03. The summed E-state index contributed by atoms with van der Waals surface area (Å²) in [6.45, 7) is 4.24. The molecule has 0 aliphatic heterocycles. The molecule has 9 heteroatoms. The molecule has 0 saturated heterocycles. The van der Waals surface area contributed by atoms with Crippen molar-refractivity contribution in [3.63, 3.8) is 0 Å². The number of carbonyl (C=O) groups excluding carboxylic acids is 2. The first kappa shape index (κ1) is 28.5. The highest BCUT2D eigenvalue weighted by atomic mass is 16.5. The number of hydrogen-bond acceptors (Lipinski definition) is 6. The Labute approximate surface area is 222 Å². The maximum absolute atomic E-state index is 13.3. The highest BCUT2D eigenvalue weighted by molar-refractivity contribution is 6.09. The van der Waals surface area contributed by atoms with E-state index in [0.717, 1.165) is 29.8 Å². The Bertz CT molecular complexity index is 1370. The lowest BCUT2D eigenvalue weighted by atomic mass is 9.94. The van der Waals surface area contributed by atoms with Crippen LogP contribution in [0.15, 0.2) is 36.5 Å². The Morgan fingerprint density at radius 3 is 2.66 bits per heavy atom. The van der Waals surface area contributed by atoms with Gasteiger partial charge in [-0.15, -0.1) is 0 Å². The van der Waals surface area contributed by atoms with E-state index in [4.69, 9.17) is 9.84 Å². The molecular weight excluding hydrogens is 484 g/mol. The topological polar surface area (TPSA) is 126 Å². The fourth-order valence-electron chi connectivity index (χ4n) is 4.54. The molecule has 38 heavy (non-hydrogen) atoms. The number of benzene rings is 1. The van der Waals surface area contributed by atoms with Gasteiger partial charge in [0.25, 0.3) is 0 Å². The molecule has 2 heterocycles. The lowest BCUT2D eigenvalue weighted by Crippen LogP contribution is -2.22. The van der Waals surface area contributed by atoms with Crippen molar-refractivity contribution in [3.05, 3.63) is 58.9 Å². The lowest BCUT2D eigenvalue weighted by Gasteiger charge is -2.16. The van der Waals surface area contributed by atoms with E-state index < -0.39 is 5.97 Å². The molecule has 2 aromatic heterocycles. The number of carbonyl (C=O) groups is 3. The van der Waals surface area contributed by atoms with Gasteiger partial charge in [-0.2, -0.15) is 5.26 Å². The quantitative estimate of drug-likeness (QED) is 0.258. The van der Waals surface area contributed by atoms with E-state index in [2.05, 4.69) is 11.1 Å². The number of nitriles is 1. The summed E-state index contributed by atoms with van der Waals surface area (Å²) in [6, 6.07) is 11.4. The summed E-state index contributed by atoms with van der Waals surface area (Å²) >= 11 is 0. The maximum Gasteiger partial charge on any atom is 0.303 e. The number of aryl methyl sites for hydroxylation is 1. The zero-order valence-corrected chi connectivity index (χ0v) is 22.4. The van der Waals surface area contributed by atoms with Crippen molar-refractivity contribution >= 4 is 34.4 Å². The van der Waals surface area contributed by atoms with Gasteiger partial charge < -0.3 is 19.3 Å². The van der Waals surface area contributed by atoms with Crippen molar-refractivity contribution in [2.45, 2.75) is 52.6 Å². The van der Waals surface area contributed by atoms with Crippen LogP contribution in [0.2, 0.25) is 0 Å². The number of anilines is 1. The summed E-state index contributed by atoms with van der Waals surface area (Å²) in [5.74, 6) is -1.42. The number of rotatable bonds is 13. The number of carboxylic acid groups (broad SMARTS) is 1. The monoisotopic (exact) mass is 518 g/mol. The summed E-state index contributed by atoms with van der Waals surface area (Å²) in [7, 11) is 3.59. The zero-order chi connectivity index (χ0) is 27.8. The Kier molecular flexibility index (Phi) is 9.74. The number of aromatic nitrogens is 2. The van der Waals surface area contributed by atoms with E-state index in [0.29, 0.717) is 41.8 Å². The van der Waals surface area contributed by atoms with Crippen LogP contribution in [0.4, 0.5) is 5.69 Å². The van der Waals surface area contributed by atoms with Crippen molar-refractivity contribution in [2.24, 2.45) is 13.0 Å². The van der Waals surface area contributed by atoms with Crippen molar-refractivity contribution < 1.29 is 24.2 Å². The first-order chi connectivity index (χ1) is 18.1. The van der Waals surface area contributed by atoms with E-state index in [1.165, 1.54) is 13.1 Å². The van der Waals surface area contributed by atoms with Crippen LogP contribution in [0, 0.1) is 17.2 Å². The van der Waals surface area contributed by atoms with Crippen LogP contribution in [-0.4, -0.2) is 46.0 Å². The fraction of sp³-hybridized carbons (Fsp3) is 0.414. The van der Waals surface area contributed by atoms with E-state index >= 15 is 0 Å². The van der Waals surface area contributed by atoms with Gasteiger partial charge in [0.05, 0.1) is 12.2 Å². The first-order valence-corrected chi connectivity index (χ1v) is 12.7. The van der Waals surface area contributed by atoms with Crippen LogP contribution in [0.1, 0.15) is 66.7 Å². The average Bonchev–Trinajstić information content (AvgIpc) is 3.15. The zero-order valence-electron chi connectivity index (χ0n) is 22.4. The molecule has 0 spiro atoms. The maximum atomic E-state index is 13.3. The van der Waals surface area contributed by atoms with Crippen LogP contribution < -0.4 is 4.90 Å². The molecule has 1 atom stereocenters. The largest absolute Gasteiger partial charge is 0.481 e. The van der Waals surface area contributed by atoms with Gasteiger partial charge in [-0.05, 0) is 48.9 Å². The van der Waals surface area contributed by atoms with Crippen LogP contribution >= 0.6 is 0 Å². The number of unbranched alkanes of at least 4 members (excludes halogenated alkanes) is 1. The van der Waals surface area contributed by atoms with Crippen molar-refractivity contribution in [1.82, 2.24) is 9.55 Å². The van der Waals surface area contributed by atoms with Gasteiger partial charge in [-0.25, -0.2) is 4.98 Å². The third kappa shape index (κ3) is 7.05. The third-order valence-corrected chi connectivity index (χ3v) is 6.60. The minimum Gasteiger partial charge on any atom is -0.481 e.